The summed E-state index contributed by atoms with van der Waals surface area (Å²) in [6.45, 7) is 1.95. The Morgan fingerprint density at radius 2 is 1.95 bits per heavy atom. The van der Waals surface area contributed by atoms with Gasteiger partial charge in [0, 0.05) is 18.2 Å². The van der Waals surface area contributed by atoms with Crippen molar-refractivity contribution in [1.82, 2.24) is 4.90 Å². The second-order valence-electron chi connectivity index (χ2n) is 5.03. The summed E-state index contributed by atoms with van der Waals surface area (Å²) < 4.78 is 5.36. The molecule has 0 saturated carbocycles. The number of amides is 1. The molecule has 0 aliphatic carbocycles. The Kier molecular flexibility index (Phi) is 4.80. The number of methoxy groups -OCH3 is 1. The highest BCUT2D eigenvalue weighted by Gasteiger charge is 2.21. The van der Waals surface area contributed by atoms with E-state index in [1.54, 1.807) is 43.3 Å². The van der Waals surface area contributed by atoms with E-state index in [2.05, 4.69) is 0 Å². The third kappa shape index (κ3) is 3.09. The summed E-state index contributed by atoms with van der Waals surface area (Å²) in [5.41, 5.74) is 1.92. The van der Waals surface area contributed by atoms with Crippen LogP contribution in [0.25, 0.3) is 0 Å². The van der Waals surface area contributed by atoms with Crippen molar-refractivity contribution in [2.75, 3.05) is 14.2 Å². The van der Waals surface area contributed by atoms with Gasteiger partial charge in [-0.05, 0) is 31.2 Å². The quantitative estimate of drug-likeness (QED) is 0.868. The second-order valence-corrected chi connectivity index (χ2v) is 5.03. The number of rotatable bonds is 4. The van der Waals surface area contributed by atoms with Crippen LogP contribution >= 0.6 is 0 Å². The van der Waals surface area contributed by atoms with Crippen LogP contribution in [0.1, 0.15) is 34.5 Å². The Bertz CT molecular complexity index is 719. The van der Waals surface area contributed by atoms with Gasteiger partial charge in [0.05, 0.1) is 24.8 Å². The lowest BCUT2D eigenvalue weighted by atomic mass is 10.0. The fraction of sp³-hybridized carbons (Fsp3) is 0.222. The van der Waals surface area contributed by atoms with Crippen LogP contribution in [0.15, 0.2) is 48.5 Å². The average molecular weight is 294 g/mol. The monoisotopic (exact) mass is 294 g/mol. The molecule has 4 heteroatoms. The molecular formula is C18H18N2O2. The zero-order valence-electron chi connectivity index (χ0n) is 12.9. The van der Waals surface area contributed by atoms with E-state index in [4.69, 9.17) is 10.00 Å². The van der Waals surface area contributed by atoms with Crippen molar-refractivity contribution in [1.29, 1.82) is 5.26 Å². The molecular weight excluding hydrogens is 276 g/mol. The summed E-state index contributed by atoms with van der Waals surface area (Å²) in [4.78, 5) is 14.3. The van der Waals surface area contributed by atoms with Crippen molar-refractivity contribution in [3.63, 3.8) is 0 Å². The van der Waals surface area contributed by atoms with Crippen LogP contribution in [0.4, 0.5) is 0 Å². The van der Waals surface area contributed by atoms with E-state index in [1.165, 1.54) is 0 Å². The van der Waals surface area contributed by atoms with E-state index in [1.807, 2.05) is 37.3 Å². The minimum absolute atomic E-state index is 0.129. The van der Waals surface area contributed by atoms with Crippen LogP contribution < -0.4 is 4.74 Å². The summed E-state index contributed by atoms with van der Waals surface area (Å²) in [7, 11) is 3.36. The van der Waals surface area contributed by atoms with Crippen LogP contribution in [0, 0.1) is 11.3 Å². The van der Waals surface area contributed by atoms with E-state index in [0.717, 1.165) is 11.3 Å². The van der Waals surface area contributed by atoms with E-state index in [-0.39, 0.29) is 11.9 Å². The van der Waals surface area contributed by atoms with Gasteiger partial charge in [0.1, 0.15) is 5.75 Å². The molecule has 22 heavy (non-hydrogen) atoms. The zero-order valence-corrected chi connectivity index (χ0v) is 12.9. The summed E-state index contributed by atoms with van der Waals surface area (Å²) in [6.07, 6.45) is 0. The zero-order chi connectivity index (χ0) is 16.1. The van der Waals surface area contributed by atoms with E-state index < -0.39 is 0 Å². The van der Waals surface area contributed by atoms with Gasteiger partial charge in [0.25, 0.3) is 5.91 Å². The molecule has 0 saturated heterocycles. The van der Waals surface area contributed by atoms with Gasteiger partial charge in [-0.1, -0.05) is 24.3 Å². The van der Waals surface area contributed by atoms with Gasteiger partial charge in [0.15, 0.2) is 0 Å². The van der Waals surface area contributed by atoms with Gasteiger partial charge in [-0.2, -0.15) is 5.26 Å². The molecule has 2 rings (SSSR count). The Labute approximate surface area is 130 Å². The van der Waals surface area contributed by atoms with Gasteiger partial charge in [-0.3, -0.25) is 4.79 Å². The molecule has 0 aromatic heterocycles. The van der Waals surface area contributed by atoms with Crippen LogP contribution in [-0.4, -0.2) is 25.0 Å². The van der Waals surface area contributed by atoms with Crippen LogP contribution in [0.3, 0.4) is 0 Å². The highest BCUT2D eigenvalue weighted by Crippen LogP contribution is 2.28. The SMILES string of the molecule is COc1ccccc1[C@@H](C)N(C)C(=O)c1cccc(C#N)c1. The topological polar surface area (TPSA) is 53.3 Å². The van der Waals surface area contributed by atoms with Gasteiger partial charge >= 0.3 is 0 Å². The lowest BCUT2D eigenvalue weighted by Crippen LogP contribution is -2.29. The summed E-state index contributed by atoms with van der Waals surface area (Å²) >= 11 is 0. The van der Waals surface area contributed by atoms with Crippen molar-refractivity contribution < 1.29 is 9.53 Å². The number of ether oxygens (including phenoxy) is 1. The molecule has 0 bridgehead atoms. The maximum Gasteiger partial charge on any atom is 0.254 e. The van der Waals surface area contributed by atoms with Crippen molar-refractivity contribution in [2.24, 2.45) is 0 Å². The van der Waals surface area contributed by atoms with Gasteiger partial charge in [-0.25, -0.2) is 0 Å². The van der Waals surface area contributed by atoms with Crippen LogP contribution in [-0.2, 0) is 0 Å². The van der Waals surface area contributed by atoms with Gasteiger partial charge in [-0.15, -0.1) is 0 Å². The number of benzene rings is 2. The third-order valence-electron chi connectivity index (χ3n) is 3.73. The molecule has 4 nitrogen and oxygen atoms in total. The predicted molar refractivity (Wildman–Crippen MR) is 84.7 cm³/mol. The molecule has 1 amide bonds. The number of carbonyl (C=O) groups excluding carboxylic acids is 1. The maximum absolute atomic E-state index is 12.6. The molecule has 2 aromatic carbocycles. The highest BCUT2D eigenvalue weighted by molar-refractivity contribution is 5.94. The molecule has 0 heterocycles. The molecule has 0 spiro atoms. The first-order valence-electron chi connectivity index (χ1n) is 6.98. The van der Waals surface area contributed by atoms with Crippen LogP contribution in [0.2, 0.25) is 0 Å². The lowest BCUT2D eigenvalue weighted by Gasteiger charge is -2.26. The smallest absolute Gasteiger partial charge is 0.254 e. The van der Waals surface area contributed by atoms with Crippen LogP contribution in [0.5, 0.6) is 5.75 Å². The maximum atomic E-state index is 12.6. The van der Waals surface area contributed by atoms with E-state index >= 15 is 0 Å². The molecule has 0 radical (unpaired) electrons. The predicted octanol–water partition coefficient (Wildman–Crippen LogP) is 3.40. The fourth-order valence-corrected chi connectivity index (χ4v) is 2.32. The first-order chi connectivity index (χ1) is 10.6. The third-order valence-corrected chi connectivity index (χ3v) is 3.73. The largest absolute Gasteiger partial charge is 0.496 e. The van der Waals surface area contributed by atoms with E-state index in [9.17, 15) is 4.79 Å². The summed E-state index contributed by atoms with van der Waals surface area (Å²) in [6, 6.07) is 16.3. The number of hydrogen-bond donors (Lipinski definition) is 0. The fourth-order valence-electron chi connectivity index (χ4n) is 2.32. The minimum atomic E-state index is -0.144. The molecule has 112 valence electrons. The second kappa shape index (κ2) is 6.77. The first kappa shape index (κ1) is 15.6. The highest BCUT2D eigenvalue weighted by atomic mass is 16.5. The molecule has 0 aliphatic rings. The molecule has 0 unspecified atom stereocenters. The Hall–Kier alpha value is -2.80. The number of para-hydroxylation sites is 1. The van der Waals surface area contributed by atoms with E-state index in [0.29, 0.717) is 11.1 Å². The summed E-state index contributed by atoms with van der Waals surface area (Å²) in [5, 5.41) is 8.95. The number of nitriles is 1. The van der Waals surface area contributed by atoms with Crippen molar-refractivity contribution in [3.05, 3.63) is 65.2 Å². The summed E-state index contributed by atoms with van der Waals surface area (Å²) in [5.74, 6) is 0.621. The average Bonchev–Trinajstić information content (AvgIpc) is 2.59. The van der Waals surface area contributed by atoms with Gasteiger partial charge in [0.2, 0.25) is 0 Å². The van der Waals surface area contributed by atoms with Crippen molar-refractivity contribution in [3.8, 4) is 11.8 Å². The molecule has 2 aromatic rings. The van der Waals surface area contributed by atoms with Gasteiger partial charge < -0.3 is 9.64 Å². The Morgan fingerprint density at radius 3 is 2.64 bits per heavy atom. The standard InChI is InChI=1S/C18H18N2O2/c1-13(16-9-4-5-10-17(16)22-3)20(2)18(21)15-8-6-7-14(11-15)12-19/h4-11,13H,1-3H3/t13-/m1/s1. The van der Waals surface area contributed by atoms with Crippen molar-refractivity contribution >= 4 is 5.91 Å². The number of carbonyl (C=O) groups is 1. The minimum Gasteiger partial charge on any atom is -0.496 e. The normalized spacial score (nSPS) is 11.4. The molecule has 0 aliphatic heterocycles. The van der Waals surface area contributed by atoms with Crippen molar-refractivity contribution in [2.45, 2.75) is 13.0 Å². The number of hydrogen-bond acceptors (Lipinski definition) is 3. The molecule has 0 N–H and O–H groups in total. The first-order valence-corrected chi connectivity index (χ1v) is 6.98. The Balaban J connectivity index is 2.28. The molecule has 1 atom stereocenters. The lowest BCUT2D eigenvalue weighted by molar-refractivity contribution is 0.0741. The molecule has 0 fully saturated rings. The number of nitrogens with zero attached hydrogens (tertiary/aromatic N) is 2. The Morgan fingerprint density at radius 1 is 1.23 bits per heavy atom.